The molecule has 126 valence electrons. The van der Waals surface area contributed by atoms with Crippen molar-refractivity contribution in [2.24, 2.45) is 0 Å². The van der Waals surface area contributed by atoms with E-state index in [1.165, 1.54) is 7.11 Å². The second-order valence-electron chi connectivity index (χ2n) is 5.07. The maximum atomic E-state index is 12.4. The quantitative estimate of drug-likeness (QED) is 0.826. The van der Waals surface area contributed by atoms with Gasteiger partial charge in [-0.15, -0.1) is 0 Å². The zero-order chi connectivity index (χ0) is 17.5. The van der Waals surface area contributed by atoms with Crippen LogP contribution in [0.15, 0.2) is 42.6 Å². The summed E-state index contributed by atoms with van der Waals surface area (Å²) in [6, 6.07) is 10.3. The summed E-state index contributed by atoms with van der Waals surface area (Å²) in [7, 11) is 1.33. The summed E-state index contributed by atoms with van der Waals surface area (Å²) in [4.78, 5) is 30.2. The van der Waals surface area contributed by atoms with Crippen molar-refractivity contribution in [1.82, 2.24) is 9.88 Å². The number of amides is 1. The van der Waals surface area contributed by atoms with Gasteiger partial charge in [-0.05, 0) is 38.1 Å². The van der Waals surface area contributed by atoms with E-state index in [2.05, 4.69) is 10.3 Å². The van der Waals surface area contributed by atoms with Crippen LogP contribution in [0.1, 0.15) is 34.6 Å². The van der Waals surface area contributed by atoms with Crippen LogP contribution in [0, 0.1) is 0 Å². The highest BCUT2D eigenvalue weighted by molar-refractivity contribution is 5.97. The number of nitrogens with one attached hydrogen (secondary N) is 1. The predicted molar refractivity (Wildman–Crippen MR) is 92.6 cm³/mol. The Morgan fingerprint density at radius 1 is 1.17 bits per heavy atom. The fourth-order valence-corrected chi connectivity index (χ4v) is 2.34. The first kappa shape index (κ1) is 17.5. The van der Waals surface area contributed by atoms with Gasteiger partial charge in [0.05, 0.1) is 18.4 Å². The highest BCUT2D eigenvalue weighted by Gasteiger charge is 2.15. The van der Waals surface area contributed by atoms with Gasteiger partial charge in [-0.1, -0.05) is 12.1 Å². The standard InChI is InChI=1S/C18H21N3O3/c1-4-21(5-2)17(22)13-10-11-19-16(12-13)20-15-9-7-6-8-14(15)18(23)24-3/h6-12H,4-5H2,1-3H3,(H,19,20). The Bertz CT molecular complexity index is 727. The van der Waals surface area contributed by atoms with Crippen molar-refractivity contribution in [2.45, 2.75) is 13.8 Å². The van der Waals surface area contributed by atoms with E-state index in [4.69, 9.17) is 4.74 Å². The van der Waals surface area contributed by atoms with Crippen molar-refractivity contribution < 1.29 is 14.3 Å². The molecule has 0 unspecified atom stereocenters. The third kappa shape index (κ3) is 3.90. The zero-order valence-corrected chi connectivity index (χ0v) is 14.1. The lowest BCUT2D eigenvalue weighted by Gasteiger charge is -2.19. The molecular weight excluding hydrogens is 306 g/mol. The Morgan fingerprint density at radius 2 is 1.88 bits per heavy atom. The number of methoxy groups -OCH3 is 1. The minimum absolute atomic E-state index is 0.0493. The van der Waals surface area contributed by atoms with Crippen LogP contribution in [0.25, 0.3) is 0 Å². The van der Waals surface area contributed by atoms with Gasteiger partial charge in [-0.3, -0.25) is 4.79 Å². The number of rotatable bonds is 6. The number of anilines is 2. The first-order valence-electron chi connectivity index (χ1n) is 7.80. The molecule has 1 aromatic heterocycles. The molecule has 1 aromatic carbocycles. The molecular formula is C18H21N3O3. The second-order valence-corrected chi connectivity index (χ2v) is 5.07. The number of carbonyl (C=O) groups is 2. The van der Waals surface area contributed by atoms with Gasteiger partial charge in [0.1, 0.15) is 5.82 Å². The average molecular weight is 327 g/mol. The van der Waals surface area contributed by atoms with Crippen LogP contribution in [0.4, 0.5) is 11.5 Å². The van der Waals surface area contributed by atoms with Crippen molar-refractivity contribution in [3.05, 3.63) is 53.7 Å². The number of hydrogen-bond donors (Lipinski definition) is 1. The number of aromatic nitrogens is 1. The number of hydrogen-bond acceptors (Lipinski definition) is 5. The summed E-state index contributed by atoms with van der Waals surface area (Å²) in [6.45, 7) is 5.17. The van der Waals surface area contributed by atoms with Gasteiger partial charge >= 0.3 is 5.97 Å². The molecule has 0 radical (unpaired) electrons. The SMILES string of the molecule is CCN(CC)C(=O)c1ccnc(Nc2ccccc2C(=O)OC)c1. The fourth-order valence-electron chi connectivity index (χ4n) is 2.34. The zero-order valence-electron chi connectivity index (χ0n) is 14.1. The summed E-state index contributed by atoms with van der Waals surface area (Å²) in [5, 5.41) is 3.08. The van der Waals surface area contributed by atoms with E-state index in [1.807, 2.05) is 13.8 Å². The number of para-hydroxylation sites is 1. The van der Waals surface area contributed by atoms with Crippen molar-refractivity contribution in [3.8, 4) is 0 Å². The van der Waals surface area contributed by atoms with Gasteiger partial charge in [0.2, 0.25) is 0 Å². The monoisotopic (exact) mass is 327 g/mol. The van der Waals surface area contributed by atoms with Crippen LogP contribution >= 0.6 is 0 Å². The Hall–Kier alpha value is -2.89. The first-order chi connectivity index (χ1) is 11.6. The van der Waals surface area contributed by atoms with Crippen LogP contribution in [0.2, 0.25) is 0 Å². The smallest absolute Gasteiger partial charge is 0.339 e. The normalized spacial score (nSPS) is 10.1. The molecule has 1 amide bonds. The first-order valence-corrected chi connectivity index (χ1v) is 7.80. The Morgan fingerprint density at radius 3 is 2.54 bits per heavy atom. The Labute approximate surface area is 141 Å². The minimum Gasteiger partial charge on any atom is -0.465 e. The van der Waals surface area contributed by atoms with Crippen LogP contribution < -0.4 is 5.32 Å². The van der Waals surface area contributed by atoms with Gasteiger partial charge in [0.25, 0.3) is 5.91 Å². The van der Waals surface area contributed by atoms with Gasteiger partial charge in [0, 0.05) is 24.8 Å². The number of esters is 1. The third-order valence-corrected chi connectivity index (χ3v) is 3.65. The van der Waals surface area contributed by atoms with Crippen molar-refractivity contribution in [1.29, 1.82) is 0 Å². The highest BCUT2D eigenvalue weighted by Crippen LogP contribution is 2.21. The third-order valence-electron chi connectivity index (χ3n) is 3.65. The van der Waals surface area contributed by atoms with E-state index in [0.717, 1.165) is 0 Å². The summed E-state index contributed by atoms with van der Waals surface area (Å²) < 4.78 is 4.78. The summed E-state index contributed by atoms with van der Waals surface area (Å²) >= 11 is 0. The number of ether oxygens (including phenoxy) is 1. The molecule has 0 aliphatic heterocycles. The van der Waals surface area contributed by atoms with E-state index in [1.54, 1.807) is 47.5 Å². The lowest BCUT2D eigenvalue weighted by molar-refractivity contribution is 0.0601. The van der Waals surface area contributed by atoms with Gasteiger partial charge in [-0.2, -0.15) is 0 Å². The van der Waals surface area contributed by atoms with E-state index in [9.17, 15) is 9.59 Å². The average Bonchev–Trinajstić information content (AvgIpc) is 2.62. The lowest BCUT2D eigenvalue weighted by Crippen LogP contribution is -2.30. The summed E-state index contributed by atoms with van der Waals surface area (Å²) in [5.74, 6) is 0.00420. The molecule has 0 saturated carbocycles. The topological polar surface area (TPSA) is 71.5 Å². The Kier molecular flexibility index (Phi) is 5.89. The van der Waals surface area contributed by atoms with E-state index in [0.29, 0.717) is 35.7 Å². The van der Waals surface area contributed by atoms with Gasteiger partial charge < -0.3 is 15.0 Å². The highest BCUT2D eigenvalue weighted by atomic mass is 16.5. The molecule has 0 aliphatic carbocycles. The van der Waals surface area contributed by atoms with Crippen LogP contribution in [-0.2, 0) is 4.74 Å². The van der Waals surface area contributed by atoms with Crippen LogP contribution in [-0.4, -0.2) is 42.0 Å². The predicted octanol–water partition coefficient (Wildman–Crippen LogP) is 3.09. The molecule has 0 bridgehead atoms. The maximum absolute atomic E-state index is 12.4. The Balaban J connectivity index is 2.28. The van der Waals surface area contributed by atoms with Gasteiger partial charge in [0.15, 0.2) is 0 Å². The van der Waals surface area contributed by atoms with Crippen LogP contribution in [0.5, 0.6) is 0 Å². The number of carbonyl (C=O) groups excluding carboxylic acids is 2. The molecule has 6 nitrogen and oxygen atoms in total. The second kappa shape index (κ2) is 8.10. The van der Waals surface area contributed by atoms with Crippen molar-refractivity contribution in [2.75, 3.05) is 25.5 Å². The molecule has 2 aromatic rings. The summed E-state index contributed by atoms with van der Waals surface area (Å²) in [6.07, 6.45) is 1.57. The largest absolute Gasteiger partial charge is 0.465 e. The van der Waals surface area contributed by atoms with E-state index >= 15 is 0 Å². The molecule has 1 heterocycles. The van der Waals surface area contributed by atoms with Crippen molar-refractivity contribution in [3.63, 3.8) is 0 Å². The van der Waals surface area contributed by atoms with Crippen LogP contribution in [0.3, 0.4) is 0 Å². The number of pyridine rings is 1. The molecule has 0 fully saturated rings. The molecule has 1 N–H and O–H groups in total. The molecule has 0 aliphatic rings. The fraction of sp³-hybridized carbons (Fsp3) is 0.278. The molecule has 0 saturated heterocycles. The van der Waals surface area contributed by atoms with Gasteiger partial charge in [-0.25, -0.2) is 9.78 Å². The molecule has 0 spiro atoms. The van der Waals surface area contributed by atoms with E-state index < -0.39 is 5.97 Å². The minimum atomic E-state index is -0.437. The van der Waals surface area contributed by atoms with Crippen molar-refractivity contribution >= 4 is 23.4 Å². The molecule has 0 atom stereocenters. The molecule has 6 heteroatoms. The number of benzene rings is 1. The maximum Gasteiger partial charge on any atom is 0.339 e. The number of nitrogens with zero attached hydrogens (tertiary/aromatic N) is 2. The molecule has 24 heavy (non-hydrogen) atoms. The molecule has 2 rings (SSSR count). The van der Waals surface area contributed by atoms with E-state index in [-0.39, 0.29) is 5.91 Å². The summed E-state index contributed by atoms with van der Waals surface area (Å²) in [5.41, 5.74) is 1.53. The lowest BCUT2D eigenvalue weighted by atomic mass is 10.1.